The van der Waals surface area contributed by atoms with E-state index in [0.29, 0.717) is 11.7 Å². The van der Waals surface area contributed by atoms with Gasteiger partial charge in [-0.15, -0.1) is 0 Å². The number of aryl methyl sites for hydroxylation is 1. The number of halogens is 1. The molecule has 0 spiro atoms. The Hall–Kier alpha value is -0.600. The SMILES string of the molecule is Cc1cc(C(C)(C)CCN)cc(Cl)n1. The standard InChI is InChI=1S/C11H17ClN2/c1-8-6-9(7-10(12)14-8)11(2,3)4-5-13/h6-7H,4-5,13H2,1-3H3. The summed E-state index contributed by atoms with van der Waals surface area (Å²) in [5.74, 6) is 0. The Morgan fingerprint density at radius 2 is 2.07 bits per heavy atom. The summed E-state index contributed by atoms with van der Waals surface area (Å²) in [4.78, 5) is 4.14. The molecule has 0 radical (unpaired) electrons. The molecule has 2 nitrogen and oxygen atoms in total. The smallest absolute Gasteiger partial charge is 0.129 e. The maximum atomic E-state index is 5.91. The molecule has 0 unspecified atom stereocenters. The van der Waals surface area contributed by atoms with Crippen molar-refractivity contribution in [1.82, 2.24) is 4.98 Å². The third-order valence-corrected chi connectivity index (χ3v) is 2.67. The van der Waals surface area contributed by atoms with E-state index in [1.807, 2.05) is 13.0 Å². The van der Waals surface area contributed by atoms with Crippen LogP contribution in [0.4, 0.5) is 0 Å². The fourth-order valence-electron chi connectivity index (χ4n) is 1.52. The van der Waals surface area contributed by atoms with Crippen LogP contribution in [0.2, 0.25) is 5.15 Å². The number of rotatable bonds is 3. The van der Waals surface area contributed by atoms with Crippen LogP contribution in [0.5, 0.6) is 0 Å². The quantitative estimate of drug-likeness (QED) is 0.783. The zero-order valence-electron chi connectivity index (χ0n) is 8.97. The molecule has 0 aliphatic carbocycles. The van der Waals surface area contributed by atoms with Crippen molar-refractivity contribution in [2.45, 2.75) is 32.6 Å². The summed E-state index contributed by atoms with van der Waals surface area (Å²) in [6, 6.07) is 3.99. The van der Waals surface area contributed by atoms with E-state index in [1.54, 1.807) is 0 Å². The fraction of sp³-hybridized carbons (Fsp3) is 0.545. The third kappa shape index (κ3) is 2.69. The van der Waals surface area contributed by atoms with E-state index in [2.05, 4.69) is 24.9 Å². The molecule has 1 rings (SSSR count). The van der Waals surface area contributed by atoms with Crippen LogP contribution in [0.15, 0.2) is 12.1 Å². The first-order valence-corrected chi connectivity index (χ1v) is 5.18. The molecule has 0 saturated carbocycles. The van der Waals surface area contributed by atoms with Gasteiger partial charge in [-0.25, -0.2) is 4.98 Å². The molecule has 1 heterocycles. The molecule has 2 N–H and O–H groups in total. The molecule has 0 aromatic carbocycles. The highest BCUT2D eigenvalue weighted by Gasteiger charge is 2.20. The van der Waals surface area contributed by atoms with Crippen molar-refractivity contribution in [1.29, 1.82) is 0 Å². The molecule has 14 heavy (non-hydrogen) atoms. The molecule has 0 saturated heterocycles. The van der Waals surface area contributed by atoms with Gasteiger partial charge in [0.2, 0.25) is 0 Å². The second-order valence-corrected chi connectivity index (χ2v) is 4.63. The Labute approximate surface area is 90.5 Å². The fourth-order valence-corrected chi connectivity index (χ4v) is 1.77. The Morgan fingerprint density at radius 3 is 2.57 bits per heavy atom. The molecular formula is C11H17ClN2. The predicted octanol–water partition coefficient (Wildman–Crippen LogP) is 2.67. The number of nitrogens with zero attached hydrogens (tertiary/aromatic N) is 1. The zero-order valence-corrected chi connectivity index (χ0v) is 9.73. The van der Waals surface area contributed by atoms with E-state index in [1.165, 1.54) is 5.56 Å². The van der Waals surface area contributed by atoms with E-state index in [9.17, 15) is 0 Å². The second-order valence-electron chi connectivity index (χ2n) is 4.24. The van der Waals surface area contributed by atoms with Gasteiger partial charge in [0, 0.05) is 5.69 Å². The van der Waals surface area contributed by atoms with Crippen LogP contribution < -0.4 is 5.73 Å². The van der Waals surface area contributed by atoms with Crippen LogP contribution in [0.3, 0.4) is 0 Å². The lowest BCUT2D eigenvalue weighted by Crippen LogP contribution is -2.22. The summed E-state index contributed by atoms with van der Waals surface area (Å²) in [7, 11) is 0. The molecule has 0 aliphatic heterocycles. The summed E-state index contributed by atoms with van der Waals surface area (Å²) in [6.45, 7) is 6.98. The maximum absolute atomic E-state index is 5.91. The molecule has 1 aromatic rings. The zero-order chi connectivity index (χ0) is 10.8. The highest BCUT2D eigenvalue weighted by molar-refractivity contribution is 6.29. The van der Waals surface area contributed by atoms with Crippen molar-refractivity contribution in [2.24, 2.45) is 5.73 Å². The molecular weight excluding hydrogens is 196 g/mol. The van der Waals surface area contributed by atoms with Gasteiger partial charge in [0.25, 0.3) is 0 Å². The molecule has 0 fully saturated rings. The summed E-state index contributed by atoms with van der Waals surface area (Å²) < 4.78 is 0. The Balaban J connectivity index is 3.05. The minimum atomic E-state index is 0.0755. The van der Waals surface area contributed by atoms with Crippen LogP contribution in [0.1, 0.15) is 31.5 Å². The average molecular weight is 213 g/mol. The van der Waals surface area contributed by atoms with Crippen molar-refractivity contribution < 1.29 is 0 Å². The number of hydrogen-bond acceptors (Lipinski definition) is 2. The van der Waals surface area contributed by atoms with Gasteiger partial charge in [-0.3, -0.25) is 0 Å². The Kier molecular flexibility index (Phi) is 3.51. The van der Waals surface area contributed by atoms with Crippen molar-refractivity contribution in [3.63, 3.8) is 0 Å². The average Bonchev–Trinajstić information content (AvgIpc) is 2.02. The van der Waals surface area contributed by atoms with Gasteiger partial charge in [-0.05, 0) is 43.0 Å². The van der Waals surface area contributed by atoms with Crippen LogP contribution in [0, 0.1) is 6.92 Å². The molecule has 0 aliphatic rings. The van der Waals surface area contributed by atoms with Crippen LogP contribution in [-0.2, 0) is 5.41 Å². The first kappa shape index (κ1) is 11.5. The van der Waals surface area contributed by atoms with Gasteiger partial charge in [0.1, 0.15) is 5.15 Å². The van der Waals surface area contributed by atoms with Gasteiger partial charge >= 0.3 is 0 Å². The first-order chi connectivity index (χ1) is 6.45. The lowest BCUT2D eigenvalue weighted by Gasteiger charge is -2.24. The summed E-state index contributed by atoms with van der Waals surface area (Å²) >= 11 is 5.91. The normalized spacial score (nSPS) is 11.8. The number of nitrogens with two attached hydrogens (primary N) is 1. The number of aromatic nitrogens is 1. The van der Waals surface area contributed by atoms with E-state index in [0.717, 1.165) is 12.1 Å². The van der Waals surface area contributed by atoms with E-state index in [-0.39, 0.29) is 5.41 Å². The highest BCUT2D eigenvalue weighted by Crippen LogP contribution is 2.28. The first-order valence-electron chi connectivity index (χ1n) is 4.80. The van der Waals surface area contributed by atoms with Crippen molar-refractivity contribution in [2.75, 3.05) is 6.54 Å². The largest absolute Gasteiger partial charge is 0.330 e. The van der Waals surface area contributed by atoms with Crippen LogP contribution >= 0.6 is 11.6 Å². The molecule has 1 aromatic heterocycles. The summed E-state index contributed by atoms with van der Waals surface area (Å²) in [5.41, 5.74) is 7.82. The Bertz CT molecular complexity index is 301. The van der Waals surface area contributed by atoms with Crippen molar-refractivity contribution >= 4 is 11.6 Å². The van der Waals surface area contributed by atoms with Gasteiger partial charge in [0.15, 0.2) is 0 Å². The van der Waals surface area contributed by atoms with Gasteiger partial charge in [-0.1, -0.05) is 25.4 Å². The van der Waals surface area contributed by atoms with E-state index in [4.69, 9.17) is 17.3 Å². The molecule has 78 valence electrons. The number of hydrogen-bond donors (Lipinski definition) is 1. The third-order valence-electron chi connectivity index (χ3n) is 2.47. The molecule has 0 amide bonds. The molecule has 0 atom stereocenters. The lowest BCUT2D eigenvalue weighted by molar-refractivity contribution is 0.487. The molecule has 0 bridgehead atoms. The van der Waals surface area contributed by atoms with Crippen molar-refractivity contribution in [3.8, 4) is 0 Å². The number of pyridine rings is 1. The topological polar surface area (TPSA) is 38.9 Å². The Morgan fingerprint density at radius 1 is 1.43 bits per heavy atom. The second kappa shape index (κ2) is 4.28. The van der Waals surface area contributed by atoms with Crippen LogP contribution in [0.25, 0.3) is 0 Å². The summed E-state index contributed by atoms with van der Waals surface area (Å²) in [6.07, 6.45) is 0.951. The minimum absolute atomic E-state index is 0.0755. The maximum Gasteiger partial charge on any atom is 0.129 e. The minimum Gasteiger partial charge on any atom is -0.330 e. The van der Waals surface area contributed by atoms with Crippen molar-refractivity contribution in [3.05, 3.63) is 28.5 Å². The van der Waals surface area contributed by atoms with E-state index < -0.39 is 0 Å². The van der Waals surface area contributed by atoms with Crippen LogP contribution in [-0.4, -0.2) is 11.5 Å². The predicted molar refractivity (Wildman–Crippen MR) is 60.7 cm³/mol. The van der Waals surface area contributed by atoms with Gasteiger partial charge in [0.05, 0.1) is 0 Å². The van der Waals surface area contributed by atoms with Gasteiger partial charge < -0.3 is 5.73 Å². The monoisotopic (exact) mass is 212 g/mol. The summed E-state index contributed by atoms with van der Waals surface area (Å²) in [5, 5.41) is 0.560. The van der Waals surface area contributed by atoms with E-state index >= 15 is 0 Å². The molecule has 3 heteroatoms. The highest BCUT2D eigenvalue weighted by atomic mass is 35.5. The van der Waals surface area contributed by atoms with Gasteiger partial charge in [-0.2, -0.15) is 0 Å². The lowest BCUT2D eigenvalue weighted by atomic mass is 9.82.